The Bertz CT molecular complexity index is 716. The summed E-state index contributed by atoms with van der Waals surface area (Å²) < 4.78 is 16.6. The fourth-order valence-electron chi connectivity index (χ4n) is 2.54. The molecule has 2 aromatic rings. The van der Waals surface area contributed by atoms with Crippen LogP contribution in [0.3, 0.4) is 0 Å². The molecule has 0 radical (unpaired) electrons. The van der Waals surface area contributed by atoms with Crippen LogP contribution in [-0.4, -0.2) is 30.9 Å². The van der Waals surface area contributed by atoms with Crippen molar-refractivity contribution in [2.75, 3.05) is 19.8 Å². The fourth-order valence-corrected chi connectivity index (χ4v) is 2.54. The van der Waals surface area contributed by atoms with E-state index in [0.29, 0.717) is 19.8 Å². The molecule has 154 valence electrons. The average molecular weight is 389 g/mol. The van der Waals surface area contributed by atoms with E-state index in [0.717, 1.165) is 48.1 Å². The molecule has 0 bridgehead atoms. The van der Waals surface area contributed by atoms with Crippen molar-refractivity contribution in [1.29, 1.82) is 0 Å². The van der Waals surface area contributed by atoms with Crippen LogP contribution < -0.4 is 20.1 Å². The van der Waals surface area contributed by atoms with Crippen LogP contribution in [0.1, 0.15) is 57.8 Å². The summed E-state index contributed by atoms with van der Waals surface area (Å²) >= 11 is 0. The summed E-state index contributed by atoms with van der Waals surface area (Å²) in [6, 6.07) is 7.93. The number of aliphatic imine (C=N–C) groups is 1. The van der Waals surface area contributed by atoms with Crippen molar-refractivity contribution >= 4 is 5.96 Å². The summed E-state index contributed by atoms with van der Waals surface area (Å²) in [5.41, 5.74) is 1.89. The molecule has 0 aliphatic rings. The highest BCUT2D eigenvalue weighted by atomic mass is 16.5. The third kappa shape index (κ3) is 6.79. The molecule has 0 saturated carbocycles. The Balaban J connectivity index is 2.11. The van der Waals surface area contributed by atoms with Gasteiger partial charge in [0.1, 0.15) is 12.0 Å². The molecule has 28 heavy (non-hydrogen) atoms. The van der Waals surface area contributed by atoms with E-state index >= 15 is 0 Å². The fraction of sp³-hybridized carbons (Fsp3) is 0.524. The van der Waals surface area contributed by atoms with Crippen molar-refractivity contribution in [2.24, 2.45) is 4.99 Å². The predicted molar refractivity (Wildman–Crippen MR) is 111 cm³/mol. The minimum absolute atomic E-state index is 0.0410. The van der Waals surface area contributed by atoms with Crippen LogP contribution in [0, 0.1) is 0 Å². The maximum absolute atomic E-state index is 5.91. The monoisotopic (exact) mass is 388 g/mol. The van der Waals surface area contributed by atoms with Gasteiger partial charge < -0.3 is 24.6 Å². The number of nitrogens with one attached hydrogen (secondary N) is 2. The Morgan fingerprint density at radius 2 is 1.86 bits per heavy atom. The SMILES string of the molecule is CCCOc1ccc(C(C)NC(=NCc2ccon2)NCC)cc1OCCC. The Hall–Kier alpha value is -2.70. The van der Waals surface area contributed by atoms with Gasteiger partial charge in [0.05, 0.1) is 25.8 Å². The molecular formula is C21H32N4O3. The zero-order valence-corrected chi connectivity index (χ0v) is 17.3. The van der Waals surface area contributed by atoms with E-state index in [1.54, 1.807) is 6.26 Å². The first-order chi connectivity index (χ1) is 13.7. The normalized spacial score (nSPS) is 12.5. The number of nitrogens with zero attached hydrogens (tertiary/aromatic N) is 2. The standard InChI is InChI=1S/C21H32N4O3/c1-5-11-26-19-9-8-17(14-20(19)27-12-6-2)16(4)24-21(22-7-3)23-15-18-10-13-28-25-18/h8-10,13-14,16H,5-7,11-12,15H2,1-4H3,(H2,22,23,24). The van der Waals surface area contributed by atoms with E-state index in [2.05, 4.69) is 47.6 Å². The van der Waals surface area contributed by atoms with Gasteiger partial charge in [0.25, 0.3) is 0 Å². The minimum Gasteiger partial charge on any atom is -0.490 e. The molecule has 7 heteroatoms. The van der Waals surface area contributed by atoms with Crippen LogP contribution in [0.4, 0.5) is 0 Å². The second-order valence-corrected chi connectivity index (χ2v) is 6.46. The van der Waals surface area contributed by atoms with E-state index in [1.165, 1.54) is 0 Å². The highest BCUT2D eigenvalue weighted by Crippen LogP contribution is 2.31. The minimum atomic E-state index is 0.0410. The first kappa shape index (κ1) is 21.6. The number of hydrogen-bond acceptors (Lipinski definition) is 5. The Morgan fingerprint density at radius 3 is 2.50 bits per heavy atom. The molecule has 1 atom stereocenters. The lowest BCUT2D eigenvalue weighted by atomic mass is 10.1. The molecule has 1 heterocycles. The van der Waals surface area contributed by atoms with Crippen LogP contribution in [0.5, 0.6) is 11.5 Å². The summed E-state index contributed by atoms with van der Waals surface area (Å²) in [7, 11) is 0. The summed E-state index contributed by atoms with van der Waals surface area (Å²) in [5, 5.41) is 10.6. The van der Waals surface area contributed by atoms with Gasteiger partial charge in [-0.3, -0.25) is 0 Å². The van der Waals surface area contributed by atoms with E-state index in [4.69, 9.17) is 14.0 Å². The number of rotatable bonds is 11. The molecule has 1 aromatic carbocycles. The van der Waals surface area contributed by atoms with Crippen LogP contribution in [-0.2, 0) is 6.54 Å². The van der Waals surface area contributed by atoms with Crippen molar-refractivity contribution in [3.63, 3.8) is 0 Å². The molecule has 0 spiro atoms. The van der Waals surface area contributed by atoms with Crippen molar-refractivity contribution in [1.82, 2.24) is 15.8 Å². The number of hydrogen-bond donors (Lipinski definition) is 2. The average Bonchev–Trinajstić information content (AvgIpc) is 3.23. The Kier molecular flexibility index (Phi) is 9.18. The topological polar surface area (TPSA) is 80.9 Å². The smallest absolute Gasteiger partial charge is 0.192 e. The quantitative estimate of drug-likeness (QED) is 0.446. The second-order valence-electron chi connectivity index (χ2n) is 6.46. The number of aromatic nitrogens is 1. The molecule has 7 nitrogen and oxygen atoms in total. The summed E-state index contributed by atoms with van der Waals surface area (Å²) in [5.74, 6) is 2.30. The lowest BCUT2D eigenvalue weighted by Crippen LogP contribution is -2.38. The zero-order chi connectivity index (χ0) is 20.2. The van der Waals surface area contributed by atoms with Crippen molar-refractivity contribution in [2.45, 2.75) is 53.1 Å². The first-order valence-corrected chi connectivity index (χ1v) is 10.0. The number of guanidine groups is 1. The van der Waals surface area contributed by atoms with Crippen molar-refractivity contribution in [3.8, 4) is 11.5 Å². The van der Waals surface area contributed by atoms with Gasteiger partial charge in [-0.15, -0.1) is 0 Å². The molecular weight excluding hydrogens is 356 g/mol. The molecule has 0 fully saturated rings. The number of benzene rings is 1. The Labute approximate surface area is 167 Å². The van der Waals surface area contributed by atoms with Crippen molar-refractivity contribution in [3.05, 3.63) is 41.8 Å². The van der Waals surface area contributed by atoms with E-state index in [1.807, 2.05) is 25.1 Å². The van der Waals surface area contributed by atoms with Crippen molar-refractivity contribution < 1.29 is 14.0 Å². The highest BCUT2D eigenvalue weighted by Gasteiger charge is 2.13. The largest absolute Gasteiger partial charge is 0.490 e. The lowest BCUT2D eigenvalue weighted by molar-refractivity contribution is 0.268. The predicted octanol–water partition coefficient (Wildman–Crippen LogP) is 4.07. The van der Waals surface area contributed by atoms with Gasteiger partial charge in [0, 0.05) is 12.6 Å². The van der Waals surface area contributed by atoms with Crippen LogP contribution in [0.2, 0.25) is 0 Å². The molecule has 0 amide bonds. The third-order valence-corrected chi connectivity index (χ3v) is 3.98. The van der Waals surface area contributed by atoms with E-state index < -0.39 is 0 Å². The van der Waals surface area contributed by atoms with Gasteiger partial charge >= 0.3 is 0 Å². The van der Waals surface area contributed by atoms with Gasteiger partial charge in [-0.2, -0.15) is 0 Å². The van der Waals surface area contributed by atoms with E-state index in [9.17, 15) is 0 Å². The zero-order valence-electron chi connectivity index (χ0n) is 17.3. The summed E-state index contributed by atoms with van der Waals surface area (Å²) in [6.07, 6.45) is 3.46. The van der Waals surface area contributed by atoms with Gasteiger partial charge in [0.2, 0.25) is 0 Å². The molecule has 2 N–H and O–H groups in total. The van der Waals surface area contributed by atoms with Crippen LogP contribution >= 0.6 is 0 Å². The third-order valence-electron chi connectivity index (χ3n) is 3.98. The molecule has 1 unspecified atom stereocenters. The summed E-state index contributed by atoms with van der Waals surface area (Å²) in [4.78, 5) is 4.57. The second kappa shape index (κ2) is 11.9. The van der Waals surface area contributed by atoms with Gasteiger partial charge in [-0.25, -0.2) is 4.99 Å². The Morgan fingerprint density at radius 1 is 1.11 bits per heavy atom. The first-order valence-electron chi connectivity index (χ1n) is 10.0. The lowest BCUT2D eigenvalue weighted by Gasteiger charge is -2.20. The molecule has 2 rings (SSSR count). The van der Waals surface area contributed by atoms with E-state index in [-0.39, 0.29) is 6.04 Å². The summed E-state index contributed by atoms with van der Waals surface area (Å²) in [6.45, 7) is 10.9. The molecule has 0 saturated heterocycles. The van der Waals surface area contributed by atoms with Crippen LogP contribution in [0.25, 0.3) is 0 Å². The highest BCUT2D eigenvalue weighted by molar-refractivity contribution is 5.80. The molecule has 0 aliphatic heterocycles. The maximum atomic E-state index is 5.91. The maximum Gasteiger partial charge on any atom is 0.192 e. The van der Waals surface area contributed by atoms with Crippen LogP contribution in [0.15, 0.2) is 40.0 Å². The van der Waals surface area contributed by atoms with Gasteiger partial charge in [-0.05, 0) is 44.4 Å². The van der Waals surface area contributed by atoms with Gasteiger partial charge in [-0.1, -0.05) is 25.1 Å². The molecule has 0 aliphatic carbocycles. The van der Waals surface area contributed by atoms with Gasteiger partial charge in [0.15, 0.2) is 17.5 Å². The molecule has 1 aromatic heterocycles. The number of ether oxygens (including phenoxy) is 2.